The lowest BCUT2D eigenvalue weighted by atomic mass is 10.2. The standard InChI is InChI=1S/C15H27N3O/c1-4-7-9-10-16-14-12-15(19-11-8-5-2)18-13(6-3)17-14/h12H,4-11H2,1-3H3,(H,16,17,18). The Balaban J connectivity index is 2.55. The molecule has 1 aromatic heterocycles. The van der Waals surface area contributed by atoms with Crippen LogP contribution in [0.3, 0.4) is 0 Å². The van der Waals surface area contributed by atoms with Gasteiger partial charge in [-0.05, 0) is 12.8 Å². The summed E-state index contributed by atoms with van der Waals surface area (Å²) in [7, 11) is 0. The van der Waals surface area contributed by atoms with Gasteiger partial charge in [0, 0.05) is 19.0 Å². The maximum atomic E-state index is 5.67. The van der Waals surface area contributed by atoms with E-state index in [1.165, 1.54) is 19.3 Å². The smallest absolute Gasteiger partial charge is 0.218 e. The van der Waals surface area contributed by atoms with Crippen LogP contribution in [-0.4, -0.2) is 23.1 Å². The SMILES string of the molecule is CCCCCNc1cc(OCCCC)nc(CC)n1. The molecule has 0 spiro atoms. The minimum Gasteiger partial charge on any atom is -0.478 e. The molecule has 4 heteroatoms. The van der Waals surface area contributed by atoms with E-state index in [9.17, 15) is 0 Å². The highest BCUT2D eigenvalue weighted by molar-refractivity contribution is 5.38. The Morgan fingerprint density at radius 2 is 1.84 bits per heavy atom. The minimum absolute atomic E-state index is 0.693. The van der Waals surface area contributed by atoms with Crippen molar-refractivity contribution in [1.29, 1.82) is 0 Å². The van der Waals surface area contributed by atoms with E-state index < -0.39 is 0 Å². The molecule has 0 bridgehead atoms. The van der Waals surface area contributed by atoms with Crippen molar-refractivity contribution in [2.24, 2.45) is 0 Å². The number of aromatic nitrogens is 2. The summed E-state index contributed by atoms with van der Waals surface area (Å²) in [5.41, 5.74) is 0. The lowest BCUT2D eigenvalue weighted by molar-refractivity contribution is 0.296. The van der Waals surface area contributed by atoms with Gasteiger partial charge in [0.05, 0.1) is 6.61 Å². The number of anilines is 1. The molecule has 1 heterocycles. The number of ether oxygens (including phenoxy) is 1. The van der Waals surface area contributed by atoms with Crippen molar-refractivity contribution in [3.8, 4) is 5.88 Å². The summed E-state index contributed by atoms with van der Waals surface area (Å²) >= 11 is 0. The summed E-state index contributed by atoms with van der Waals surface area (Å²) in [6.07, 6.45) is 6.68. The van der Waals surface area contributed by atoms with Gasteiger partial charge in [-0.3, -0.25) is 0 Å². The molecular formula is C15H27N3O. The normalized spacial score (nSPS) is 10.5. The van der Waals surface area contributed by atoms with Crippen molar-refractivity contribution < 1.29 is 4.74 Å². The summed E-state index contributed by atoms with van der Waals surface area (Å²) in [6, 6.07) is 1.90. The minimum atomic E-state index is 0.693. The van der Waals surface area contributed by atoms with Gasteiger partial charge in [0.15, 0.2) is 0 Å². The molecule has 1 aromatic rings. The van der Waals surface area contributed by atoms with Crippen LogP contribution in [0.2, 0.25) is 0 Å². The predicted octanol–water partition coefficient (Wildman–Crippen LogP) is 3.82. The molecule has 4 nitrogen and oxygen atoms in total. The molecule has 108 valence electrons. The molecule has 1 N–H and O–H groups in total. The largest absolute Gasteiger partial charge is 0.478 e. The number of aryl methyl sites for hydroxylation is 1. The molecule has 0 aliphatic rings. The van der Waals surface area contributed by atoms with Crippen molar-refractivity contribution >= 4 is 5.82 Å². The quantitative estimate of drug-likeness (QED) is 0.653. The molecule has 0 amide bonds. The molecule has 0 aromatic carbocycles. The number of nitrogens with zero attached hydrogens (tertiary/aromatic N) is 2. The molecule has 0 aliphatic carbocycles. The van der Waals surface area contributed by atoms with Crippen molar-refractivity contribution in [3.63, 3.8) is 0 Å². The van der Waals surface area contributed by atoms with Crippen molar-refractivity contribution in [1.82, 2.24) is 9.97 Å². The first-order valence-electron chi connectivity index (χ1n) is 7.54. The average Bonchev–Trinajstić information content (AvgIpc) is 2.44. The number of nitrogens with one attached hydrogen (secondary N) is 1. The average molecular weight is 265 g/mol. The Morgan fingerprint density at radius 3 is 2.53 bits per heavy atom. The first-order valence-corrected chi connectivity index (χ1v) is 7.54. The predicted molar refractivity (Wildman–Crippen MR) is 79.8 cm³/mol. The third-order valence-corrected chi connectivity index (χ3v) is 2.90. The lowest BCUT2D eigenvalue weighted by Gasteiger charge is -2.10. The molecule has 0 radical (unpaired) electrons. The molecular weight excluding hydrogens is 238 g/mol. The fourth-order valence-electron chi connectivity index (χ4n) is 1.71. The van der Waals surface area contributed by atoms with Gasteiger partial charge in [0.25, 0.3) is 0 Å². The van der Waals surface area contributed by atoms with E-state index in [1.807, 2.05) is 6.07 Å². The highest BCUT2D eigenvalue weighted by Gasteiger charge is 2.04. The second kappa shape index (κ2) is 9.59. The van der Waals surface area contributed by atoms with E-state index in [0.717, 1.165) is 44.1 Å². The van der Waals surface area contributed by atoms with Gasteiger partial charge in [0.1, 0.15) is 11.6 Å². The fraction of sp³-hybridized carbons (Fsp3) is 0.733. The highest BCUT2D eigenvalue weighted by atomic mass is 16.5. The van der Waals surface area contributed by atoms with Crippen LogP contribution in [0.4, 0.5) is 5.82 Å². The van der Waals surface area contributed by atoms with Crippen LogP contribution in [0.1, 0.15) is 58.7 Å². The van der Waals surface area contributed by atoms with E-state index in [2.05, 4.69) is 36.1 Å². The topological polar surface area (TPSA) is 47.0 Å². The molecule has 0 unspecified atom stereocenters. The van der Waals surface area contributed by atoms with Crippen LogP contribution in [-0.2, 0) is 6.42 Å². The molecule has 0 atom stereocenters. The van der Waals surface area contributed by atoms with Gasteiger partial charge >= 0.3 is 0 Å². The van der Waals surface area contributed by atoms with Crippen LogP contribution in [0.15, 0.2) is 6.07 Å². The number of rotatable bonds is 10. The first kappa shape index (κ1) is 15.7. The molecule has 1 rings (SSSR count). The van der Waals surface area contributed by atoms with Gasteiger partial charge in [-0.25, -0.2) is 4.98 Å². The summed E-state index contributed by atoms with van der Waals surface area (Å²) in [5.74, 6) is 2.42. The number of hydrogen-bond acceptors (Lipinski definition) is 4. The number of unbranched alkanes of at least 4 members (excludes halogenated alkanes) is 3. The van der Waals surface area contributed by atoms with Crippen LogP contribution in [0, 0.1) is 0 Å². The third kappa shape index (κ3) is 6.41. The van der Waals surface area contributed by atoms with E-state index >= 15 is 0 Å². The van der Waals surface area contributed by atoms with Gasteiger partial charge in [-0.2, -0.15) is 4.98 Å². The van der Waals surface area contributed by atoms with Gasteiger partial charge in [-0.1, -0.05) is 40.0 Å². The van der Waals surface area contributed by atoms with Crippen molar-refractivity contribution in [2.45, 2.75) is 59.3 Å². The second-order valence-electron chi connectivity index (χ2n) is 4.70. The Morgan fingerprint density at radius 1 is 1.05 bits per heavy atom. The zero-order valence-corrected chi connectivity index (χ0v) is 12.5. The lowest BCUT2D eigenvalue weighted by Crippen LogP contribution is -2.08. The third-order valence-electron chi connectivity index (χ3n) is 2.90. The van der Waals surface area contributed by atoms with E-state index in [-0.39, 0.29) is 0 Å². The zero-order chi connectivity index (χ0) is 13.9. The van der Waals surface area contributed by atoms with Gasteiger partial charge in [-0.15, -0.1) is 0 Å². The summed E-state index contributed by atoms with van der Waals surface area (Å²) in [6.45, 7) is 8.11. The Labute approximate surface area is 117 Å². The summed E-state index contributed by atoms with van der Waals surface area (Å²) in [4.78, 5) is 8.87. The van der Waals surface area contributed by atoms with Crippen molar-refractivity contribution in [3.05, 3.63) is 11.9 Å². The molecule has 19 heavy (non-hydrogen) atoms. The zero-order valence-electron chi connectivity index (χ0n) is 12.5. The molecule has 0 saturated carbocycles. The van der Waals surface area contributed by atoms with Crippen LogP contribution in [0.25, 0.3) is 0 Å². The van der Waals surface area contributed by atoms with E-state index in [4.69, 9.17) is 4.74 Å². The Kier molecular flexibility index (Phi) is 7.94. The Bertz CT molecular complexity index is 355. The molecule has 0 fully saturated rings. The van der Waals surface area contributed by atoms with E-state index in [0.29, 0.717) is 5.88 Å². The highest BCUT2D eigenvalue weighted by Crippen LogP contribution is 2.14. The van der Waals surface area contributed by atoms with Crippen LogP contribution in [0.5, 0.6) is 5.88 Å². The van der Waals surface area contributed by atoms with E-state index in [1.54, 1.807) is 0 Å². The molecule has 0 aliphatic heterocycles. The second-order valence-corrected chi connectivity index (χ2v) is 4.70. The summed E-state index contributed by atoms with van der Waals surface area (Å²) < 4.78 is 5.67. The Hall–Kier alpha value is -1.32. The first-order chi connectivity index (χ1) is 9.30. The maximum absolute atomic E-state index is 5.67. The number of hydrogen-bond donors (Lipinski definition) is 1. The van der Waals surface area contributed by atoms with Crippen molar-refractivity contribution in [2.75, 3.05) is 18.5 Å². The maximum Gasteiger partial charge on any atom is 0.218 e. The monoisotopic (exact) mass is 265 g/mol. The van der Waals surface area contributed by atoms with Crippen LogP contribution >= 0.6 is 0 Å². The molecule has 0 saturated heterocycles. The van der Waals surface area contributed by atoms with Gasteiger partial charge < -0.3 is 10.1 Å². The van der Waals surface area contributed by atoms with Gasteiger partial charge in [0.2, 0.25) is 5.88 Å². The summed E-state index contributed by atoms with van der Waals surface area (Å²) in [5, 5.41) is 3.35. The fourth-order valence-corrected chi connectivity index (χ4v) is 1.71. The van der Waals surface area contributed by atoms with Crippen LogP contribution < -0.4 is 10.1 Å².